The van der Waals surface area contributed by atoms with Crippen molar-refractivity contribution >= 4 is 48.0 Å². The maximum atomic E-state index is 12.6. The van der Waals surface area contributed by atoms with Crippen molar-refractivity contribution < 1.29 is 13.2 Å². The number of nitrogens with two attached hydrogens (primary N) is 1. The molecule has 2 aromatic heterocycles. The molecule has 1 saturated carbocycles. The lowest BCUT2D eigenvalue weighted by molar-refractivity contribution is 0.0719. The lowest BCUT2D eigenvalue weighted by Gasteiger charge is -2.23. The van der Waals surface area contributed by atoms with Gasteiger partial charge in [0.25, 0.3) is 5.91 Å². The zero-order valence-corrected chi connectivity index (χ0v) is 14.1. The first-order valence-electron chi connectivity index (χ1n) is 6.59. The van der Waals surface area contributed by atoms with Crippen LogP contribution in [-0.2, 0) is 10.0 Å². The van der Waals surface area contributed by atoms with Gasteiger partial charge in [-0.3, -0.25) is 4.79 Å². The standard InChI is InChI=1S/C13H13N3O3S3/c1-7(6-14)16(9-2-3-9)12(17)10-4-8-5-11(22(15,18)19)21-13(8)20-10/h4-5,7,9H,2-3H2,1H3,(H2,15,18,19). The zero-order chi connectivity index (χ0) is 16.1. The van der Waals surface area contributed by atoms with E-state index in [9.17, 15) is 13.2 Å². The lowest BCUT2D eigenvalue weighted by Crippen LogP contribution is -2.39. The molecule has 1 amide bonds. The zero-order valence-electron chi connectivity index (χ0n) is 11.6. The Morgan fingerprint density at radius 3 is 2.64 bits per heavy atom. The Hall–Kier alpha value is -1.47. The summed E-state index contributed by atoms with van der Waals surface area (Å²) in [7, 11) is -3.72. The highest BCUT2D eigenvalue weighted by molar-refractivity contribution is 7.91. The fourth-order valence-corrected chi connectivity index (χ4v) is 5.55. The van der Waals surface area contributed by atoms with E-state index in [2.05, 4.69) is 6.07 Å². The van der Waals surface area contributed by atoms with Crippen LogP contribution in [0, 0.1) is 11.3 Å². The normalized spacial score (nSPS) is 16.4. The molecule has 0 aromatic carbocycles. The number of hydrogen-bond acceptors (Lipinski definition) is 6. The first kappa shape index (κ1) is 15.4. The number of carbonyl (C=O) groups excluding carboxylic acids is 1. The number of carbonyl (C=O) groups is 1. The minimum Gasteiger partial charge on any atom is -0.319 e. The maximum Gasteiger partial charge on any atom is 0.265 e. The Bertz CT molecular complexity index is 855. The van der Waals surface area contributed by atoms with Gasteiger partial charge in [0.05, 0.1) is 15.0 Å². The van der Waals surface area contributed by atoms with Crippen LogP contribution in [0.25, 0.3) is 9.40 Å². The molecular formula is C13H13N3O3S3. The maximum absolute atomic E-state index is 12.6. The Morgan fingerprint density at radius 1 is 1.45 bits per heavy atom. The second kappa shape index (κ2) is 5.31. The predicted molar refractivity (Wildman–Crippen MR) is 85.3 cm³/mol. The summed E-state index contributed by atoms with van der Waals surface area (Å²) >= 11 is 2.30. The van der Waals surface area contributed by atoms with Gasteiger partial charge in [0.2, 0.25) is 10.0 Å². The number of nitriles is 1. The fourth-order valence-electron chi connectivity index (χ4n) is 2.26. The predicted octanol–water partition coefficient (Wildman–Crippen LogP) is 2.13. The van der Waals surface area contributed by atoms with Crippen molar-refractivity contribution in [1.82, 2.24) is 4.90 Å². The average Bonchev–Trinajstić information content (AvgIpc) is 3.04. The molecule has 9 heteroatoms. The van der Waals surface area contributed by atoms with Gasteiger partial charge in [-0.1, -0.05) is 0 Å². The van der Waals surface area contributed by atoms with Crippen LogP contribution in [0.5, 0.6) is 0 Å². The molecule has 2 aromatic rings. The molecule has 0 radical (unpaired) electrons. The number of thiophene rings is 2. The lowest BCUT2D eigenvalue weighted by atomic mass is 10.2. The summed E-state index contributed by atoms with van der Waals surface area (Å²) in [6, 6.07) is 4.94. The molecule has 1 unspecified atom stereocenters. The molecule has 0 spiro atoms. The monoisotopic (exact) mass is 355 g/mol. The average molecular weight is 355 g/mol. The summed E-state index contributed by atoms with van der Waals surface area (Å²) in [6.45, 7) is 1.71. The number of amides is 1. The fraction of sp³-hybridized carbons (Fsp3) is 0.385. The SMILES string of the molecule is CC(C#N)N(C(=O)c1cc2cc(S(N)(=O)=O)sc2s1)C1CC1. The third-order valence-corrected chi connectivity index (χ3v) is 7.26. The van der Waals surface area contributed by atoms with E-state index in [1.165, 1.54) is 17.4 Å². The highest BCUT2D eigenvalue weighted by Crippen LogP contribution is 2.37. The molecule has 22 heavy (non-hydrogen) atoms. The van der Waals surface area contributed by atoms with E-state index in [-0.39, 0.29) is 16.2 Å². The Morgan fingerprint density at radius 2 is 2.14 bits per heavy atom. The van der Waals surface area contributed by atoms with Gasteiger partial charge in [0.1, 0.15) is 10.3 Å². The van der Waals surface area contributed by atoms with E-state index in [4.69, 9.17) is 10.4 Å². The summed E-state index contributed by atoms with van der Waals surface area (Å²) in [4.78, 5) is 14.8. The topological polar surface area (TPSA) is 104 Å². The number of nitrogens with zero attached hydrogens (tertiary/aromatic N) is 2. The quantitative estimate of drug-likeness (QED) is 0.907. The van der Waals surface area contributed by atoms with E-state index in [1.807, 2.05) is 0 Å². The summed E-state index contributed by atoms with van der Waals surface area (Å²) in [6.07, 6.45) is 1.85. The summed E-state index contributed by atoms with van der Waals surface area (Å²) in [5, 5.41) is 14.9. The van der Waals surface area contributed by atoms with Gasteiger partial charge in [-0.15, -0.1) is 22.7 Å². The van der Waals surface area contributed by atoms with Crippen LogP contribution in [0.15, 0.2) is 16.3 Å². The summed E-state index contributed by atoms with van der Waals surface area (Å²) in [5.41, 5.74) is 0. The van der Waals surface area contributed by atoms with E-state index < -0.39 is 16.1 Å². The number of primary sulfonamides is 1. The molecule has 2 N–H and O–H groups in total. The van der Waals surface area contributed by atoms with Gasteiger partial charge in [-0.2, -0.15) is 5.26 Å². The van der Waals surface area contributed by atoms with Gasteiger partial charge in [-0.05, 0) is 31.9 Å². The smallest absolute Gasteiger partial charge is 0.265 e. The Kier molecular flexibility index (Phi) is 3.72. The van der Waals surface area contributed by atoms with E-state index in [0.717, 1.165) is 28.2 Å². The van der Waals surface area contributed by atoms with Crippen molar-refractivity contribution in [3.8, 4) is 6.07 Å². The molecule has 0 aliphatic heterocycles. The largest absolute Gasteiger partial charge is 0.319 e. The van der Waals surface area contributed by atoms with Crippen molar-refractivity contribution in [2.24, 2.45) is 5.14 Å². The van der Waals surface area contributed by atoms with E-state index in [1.54, 1.807) is 17.9 Å². The first-order chi connectivity index (χ1) is 10.3. The second-order valence-corrected chi connectivity index (χ2v) is 9.36. The number of hydrogen-bond donors (Lipinski definition) is 1. The number of sulfonamides is 1. The minimum atomic E-state index is -3.72. The number of rotatable bonds is 4. The van der Waals surface area contributed by atoms with Crippen LogP contribution in [0.2, 0.25) is 0 Å². The molecule has 3 rings (SSSR count). The van der Waals surface area contributed by atoms with Crippen LogP contribution in [0.3, 0.4) is 0 Å². The van der Waals surface area contributed by atoms with Crippen molar-refractivity contribution in [2.75, 3.05) is 0 Å². The van der Waals surface area contributed by atoms with Gasteiger partial charge in [-0.25, -0.2) is 13.6 Å². The highest BCUT2D eigenvalue weighted by Gasteiger charge is 2.37. The Balaban J connectivity index is 1.94. The van der Waals surface area contributed by atoms with Gasteiger partial charge >= 0.3 is 0 Å². The molecule has 0 bridgehead atoms. The van der Waals surface area contributed by atoms with Crippen molar-refractivity contribution in [3.05, 3.63) is 17.0 Å². The highest BCUT2D eigenvalue weighted by atomic mass is 32.2. The molecule has 1 atom stereocenters. The first-order valence-corrected chi connectivity index (χ1v) is 9.77. The molecule has 116 valence electrons. The second-order valence-electron chi connectivity index (χ2n) is 5.21. The summed E-state index contributed by atoms with van der Waals surface area (Å²) < 4.78 is 23.5. The van der Waals surface area contributed by atoms with Crippen LogP contribution in [-0.4, -0.2) is 31.3 Å². The minimum absolute atomic E-state index is 0.0946. The van der Waals surface area contributed by atoms with Crippen LogP contribution in [0.1, 0.15) is 29.4 Å². The summed E-state index contributed by atoms with van der Waals surface area (Å²) in [5.74, 6) is -0.165. The number of fused-ring (bicyclic) bond motifs is 1. The third-order valence-electron chi connectivity index (χ3n) is 3.46. The van der Waals surface area contributed by atoms with Crippen molar-refractivity contribution in [1.29, 1.82) is 5.26 Å². The van der Waals surface area contributed by atoms with Crippen LogP contribution < -0.4 is 5.14 Å². The molecule has 1 fully saturated rings. The van der Waals surface area contributed by atoms with Gasteiger partial charge < -0.3 is 4.90 Å². The van der Waals surface area contributed by atoms with Gasteiger partial charge in [0, 0.05) is 11.4 Å². The van der Waals surface area contributed by atoms with E-state index >= 15 is 0 Å². The molecule has 0 saturated heterocycles. The molecular weight excluding hydrogens is 342 g/mol. The molecule has 6 nitrogen and oxygen atoms in total. The van der Waals surface area contributed by atoms with Crippen LogP contribution in [0.4, 0.5) is 0 Å². The van der Waals surface area contributed by atoms with Crippen LogP contribution >= 0.6 is 22.7 Å². The Labute approximate surface area is 135 Å². The van der Waals surface area contributed by atoms with E-state index in [0.29, 0.717) is 10.3 Å². The van der Waals surface area contributed by atoms with Crippen molar-refractivity contribution in [3.63, 3.8) is 0 Å². The molecule has 1 aliphatic carbocycles. The molecule has 2 heterocycles. The van der Waals surface area contributed by atoms with Crippen molar-refractivity contribution in [2.45, 2.75) is 36.1 Å². The third kappa shape index (κ3) is 2.75. The molecule has 1 aliphatic rings. The van der Waals surface area contributed by atoms with Gasteiger partial charge in [0.15, 0.2) is 0 Å².